The minimum Gasteiger partial charge on any atom is -0.465 e. The van der Waals surface area contributed by atoms with Crippen LogP contribution in [0, 0.1) is 0 Å². The maximum Gasteiger partial charge on any atom is 0.350 e. The first-order valence-corrected chi connectivity index (χ1v) is 8.57. The van der Waals surface area contributed by atoms with Gasteiger partial charge >= 0.3 is 11.7 Å². The minimum absolute atomic E-state index is 0.265. The summed E-state index contributed by atoms with van der Waals surface area (Å²) in [5, 5.41) is 5.32. The van der Waals surface area contributed by atoms with Gasteiger partial charge in [-0.2, -0.15) is 0 Å². The van der Waals surface area contributed by atoms with Gasteiger partial charge in [0.2, 0.25) is 0 Å². The van der Waals surface area contributed by atoms with Crippen LogP contribution in [0.2, 0.25) is 0 Å². The van der Waals surface area contributed by atoms with Crippen LogP contribution in [0.4, 0.5) is 0 Å². The van der Waals surface area contributed by atoms with Crippen molar-refractivity contribution in [3.8, 4) is 0 Å². The number of carbonyl (C=O) groups excluding carboxylic acids is 1. The van der Waals surface area contributed by atoms with E-state index in [0.717, 1.165) is 20.9 Å². The number of rotatable bonds is 3. The number of methoxy groups -OCH3 is 1. The van der Waals surface area contributed by atoms with Crippen LogP contribution in [-0.2, 0) is 11.3 Å². The van der Waals surface area contributed by atoms with Crippen molar-refractivity contribution in [3.05, 3.63) is 74.9 Å². The number of hydrogen-bond acceptors (Lipinski definition) is 5. The average molecular weight is 413 g/mol. The number of nitrogens with zero attached hydrogens (tertiary/aromatic N) is 4. The number of esters is 1. The van der Waals surface area contributed by atoms with Gasteiger partial charge in [-0.1, -0.05) is 22.0 Å². The first kappa shape index (κ1) is 16.5. The SMILES string of the molecule is COC(=O)c1ccc2nn(Cc3cc(Br)cc4cccnc34)c(=O)n2c1. The second-order valence-electron chi connectivity index (χ2n) is 5.72. The normalized spacial score (nSPS) is 11.2. The zero-order valence-corrected chi connectivity index (χ0v) is 15.3. The molecule has 0 N–H and O–H groups in total. The molecule has 0 fully saturated rings. The lowest BCUT2D eigenvalue weighted by molar-refractivity contribution is 0.0600. The van der Waals surface area contributed by atoms with E-state index < -0.39 is 5.97 Å². The topological polar surface area (TPSA) is 78.5 Å². The van der Waals surface area contributed by atoms with E-state index in [0.29, 0.717) is 5.65 Å². The molecule has 0 saturated heterocycles. The summed E-state index contributed by atoms with van der Waals surface area (Å²) in [6.07, 6.45) is 3.15. The minimum atomic E-state index is -0.506. The van der Waals surface area contributed by atoms with Gasteiger partial charge in [-0.15, -0.1) is 5.10 Å². The van der Waals surface area contributed by atoms with E-state index in [-0.39, 0.29) is 17.8 Å². The van der Waals surface area contributed by atoms with Gasteiger partial charge < -0.3 is 4.74 Å². The Bertz CT molecular complexity index is 1210. The molecule has 0 radical (unpaired) electrons. The van der Waals surface area contributed by atoms with Gasteiger partial charge in [-0.3, -0.25) is 4.98 Å². The highest BCUT2D eigenvalue weighted by molar-refractivity contribution is 9.10. The molecular weight excluding hydrogens is 400 g/mol. The van der Waals surface area contributed by atoms with Crippen LogP contribution in [-0.4, -0.2) is 32.2 Å². The fourth-order valence-electron chi connectivity index (χ4n) is 2.87. The number of aromatic nitrogens is 4. The van der Waals surface area contributed by atoms with E-state index in [1.54, 1.807) is 18.3 Å². The number of pyridine rings is 2. The fraction of sp³-hybridized carbons (Fsp3) is 0.111. The lowest BCUT2D eigenvalue weighted by atomic mass is 10.1. The molecule has 0 aliphatic rings. The fourth-order valence-corrected chi connectivity index (χ4v) is 3.39. The summed E-state index contributed by atoms with van der Waals surface area (Å²) in [5.74, 6) is -0.506. The van der Waals surface area contributed by atoms with Gasteiger partial charge in [-0.25, -0.2) is 18.7 Å². The van der Waals surface area contributed by atoms with Crippen molar-refractivity contribution < 1.29 is 9.53 Å². The van der Waals surface area contributed by atoms with E-state index in [1.807, 2.05) is 24.3 Å². The second-order valence-corrected chi connectivity index (χ2v) is 6.63. The van der Waals surface area contributed by atoms with Crippen molar-refractivity contribution in [3.63, 3.8) is 0 Å². The summed E-state index contributed by atoms with van der Waals surface area (Å²) in [5.41, 5.74) is 2.09. The van der Waals surface area contributed by atoms with E-state index in [4.69, 9.17) is 4.74 Å². The van der Waals surface area contributed by atoms with Gasteiger partial charge in [-0.05, 0) is 30.3 Å². The smallest absolute Gasteiger partial charge is 0.350 e. The first-order valence-electron chi connectivity index (χ1n) is 7.77. The van der Waals surface area contributed by atoms with Crippen molar-refractivity contribution in [2.24, 2.45) is 0 Å². The monoisotopic (exact) mass is 412 g/mol. The summed E-state index contributed by atoms with van der Waals surface area (Å²) in [4.78, 5) is 28.8. The Kier molecular flexibility index (Phi) is 4.04. The van der Waals surface area contributed by atoms with Crippen molar-refractivity contribution in [1.29, 1.82) is 0 Å². The standard InChI is InChI=1S/C18H13BrN4O3/c1-26-17(24)12-4-5-15-21-23(18(25)22(15)9-12)10-13-8-14(19)7-11-3-2-6-20-16(11)13/h2-9H,10H2,1H3. The van der Waals surface area contributed by atoms with Crippen LogP contribution >= 0.6 is 15.9 Å². The third-order valence-corrected chi connectivity index (χ3v) is 4.52. The molecule has 0 unspecified atom stereocenters. The number of fused-ring (bicyclic) bond motifs is 2. The molecule has 0 bridgehead atoms. The van der Waals surface area contributed by atoms with Crippen molar-refractivity contribution in [2.75, 3.05) is 7.11 Å². The molecule has 0 aliphatic carbocycles. The summed E-state index contributed by atoms with van der Waals surface area (Å²) in [6, 6.07) is 10.9. The van der Waals surface area contributed by atoms with Gasteiger partial charge in [0.1, 0.15) is 0 Å². The number of carbonyl (C=O) groups is 1. The van der Waals surface area contributed by atoms with Crippen molar-refractivity contribution in [2.45, 2.75) is 6.54 Å². The summed E-state index contributed by atoms with van der Waals surface area (Å²) in [7, 11) is 1.30. The van der Waals surface area contributed by atoms with Crippen LogP contribution in [0.25, 0.3) is 16.6 Å². The molecule has 7 nitrogen and oxygen atoms in total. The Balaban J connectivity index is 1.82. The molecule has 130 valence electrons. The van der Waals surface area contributed by atoms with E-state index >= 15 is 0 Å². The highest BCUT2D eigenvalue weighted by atomic mass is 79.9. The predicted molar refractivity (Wildman–Crippen MR) is 99.3 cm³/mol. The molecule has 4 rings (SSSR count). The molecular formula is C18H13BrN4O3. The zero-order chi connectivity index (χ0) is 18.3. The second kappa shape index (κ2) is 6.38. The largest absolute Gasteiger partial charge is 0.465 e. The van der Waals surface area contributed by atoms with Crippen LogP contribution < -0.4 is 5.69 Å². The number of ether oxygens (including phenoxy) is 1. The Labute approximate surface area is 156 Å². The molecule has 0 amide bonds. The Morgan fingerprint density at radius 2 is 2.12 bits per heavy atom. The number of benzene rings is 1. The Hall–Kier alpha value is -3.00. The quantitative estimate of drug-likeness (QED) is 0.483. The lowest BCUT2D eigenvalue weighted by Gasteiger charge is -2.06. The Morgan fingerprint density at radius 3 is 2.92 bits per heavy atom. The molecule has 3 heterocycles. The van der Waals surface area contributed by atoms with Crippen molar-refractivity contribution >= 4 is 38.4 Å². The third kappa shape index (κ3) is 2.78. The van der Waals surface area contributed by atoms with Gasteiger partial charge in [0.25, 0.3) is 0 Å². The average Bonchev–Trinajstić information content (AvgIpc) is 2.96. The Morgan fingerprint density at radius 1 is 1.27 bits per heavy atom. The highest BCUT2D eigenvalue weighted by Gasteiger charge is 2.13. The number of halogens is 1. The van der Waals surface area contributed by atoms with Crippen molar-refractivity contribution in [1.82, 2.24) is 19.2 Å². The highest BCUT2D eigenvalue weighted by Crippen LogP contribution is 2.23. The molecule has 3 aromatic heterocycles. The maximum absolute atomic E-state index is 12.7. The predicted octanol–water partition coefficient (Wildman–Crippen LogP) is 2.64. The molecule has 0 atom stereocenters. The summed E-state index contributed by atoms with van der Waals surface area (Å²) < 4.78 is 8.28. The van der Waals surface area contributed by atoms with Gasteiger partial charge in [0, 0.05) is 27.8 Å². The third-order valence-electron chi connectivity index (χ3n) is 4.07. The lowest BCUT2D eigenvalue weighted by Crippen LogP contribution is -2.22. The molecule has 0 spiro atoms. The molecule has 4 aromatic rings. The van der Waals surface area contributed by atoms with E-state index in [2.05, 4.69) is 26.0 Å². The van der Waals surface area contributed by atoms with Gasteiger partial charge in [0.05, 0.1) is 24.7 Å². The molecule has 26 heavy (non-hydrogen) atoms. The molecule has 0 saturated carbocycles. The van der Waals surface area contributed by atoms with Crippen LogP contribution in [0.5, 0.6) is 0 Å². The first-order chi connectivity index (χ1) is 12.6. The zero-order valence-electron chi connectivity index (χ0n) is 13.7. The summed E-state index contributed by atoms with van der Waals surface area (Å²) >= 11 is 3.49. The summed E-state index contributed by atoms with van der Waals surface area (Å²) in [6.45, 7) is 0.265. The van der Waals surface area contributed by atoms with Gasteiger partial charge in [0.15, 0.2) is 5.65 Å². The number of hydrogen-bond donors (Lipinski definition) is 0. The van der Waals surface area contributed by atoms with Crippen LogP contribution in [0.3, 0.4) is 0 Å². The van der Waals surface area contributed by atoms with E-state index in [1.165, 1.54) is 22.4 Å². The molecule has 1 aromatic carbocycles. The van der Waals surface area contributed by atoms with Crippen LogP contribution in [0.1, 0.15) is 15.9 Å². The molecule has 8 heteroatoms. The molecule has 0 aliphatic heterocycles. The van der Waals surface area contributed by atoms with E-state index in [9.17, 15) is 9.59 Å². The van der Waals surface area contributed by atoms with Crippen LogP contribution in [0.15, 0.2) is 58.1 Å². The maximum atomic E-state index is 12.7.